The number of amides is 1. The minimum absolute atomic E-state index is 0.0111. The minimum Gasteiger partial charge on any atom is -0.481 e. The first kappa shape index (κ1) is 15.6. The molecule has 1 saturated carbocycles. The number of hydrogen-bond donors (Lipinski definition) is 2. The second-order valence-corrected chi connectivity index (χ2v) is 5.82. The maximum absolute atomic E-state index is 11.6. The Labute approximate surface area is 124 Å². The molecule has 2 unspecified atom stereocenters. The fourth-order valence-electron chi connectivity index (χ4n) is 2.40. The third-order valence-electron chi connectivity index (χ3n) is 3.90. The molecule has 1 aliphatic carbocycles. The first-order valence-corrected chi connectivity index (χ1v) is 7.63. The fraction of sp³-hybridized carbons (Fsp3) is 0.625. The van der Waals surface area contributed by atoms with E-state index in [9.17, 15) is 9.59 Å². The molecule has 0 bridgehead atoms. The highest BCUT2D eigenvalue weighted by atomic mass is 16.4. The highest BCUT2D eigenvalue weighted by molar-refractivity contribution is 5.76. The van der Waals surface area contributed by atoms with Crippen LogP contribution in [0.3, 0.4) is 0 Å². The predicted molar refractivity (Wildman–Crippen MR) is 78.0 cm³/mol. The van der Waals surface area contributed by atoms with Crippen molar-refractivity contribution >= 4 is 11.9 Å². The molecule has 2 N–H and O–H groups in total. The molecule has 0 aliphatic heterocycles. The van der Waals surface area contributed by atoms with Gasteiger partial charge in [-0.1, -0.05) is 6.92 Å². The minimum atomic E-state index is -0.792. The van der Waals surface area contributed by atoms with Gasteiger partial charge in [-0.15, -0.1) is 0 Å². The van der Waals surface area contributed by atoms with Crippen LogP contribution in [0.2, 0.25) is 0 Å². The Morgan fingerprint density at radius 2 is 2.10 bits per heavy atom. The number of carboxylic acid groups (broad SMARTS) is 1. The number of nitrogens with one attached hydrogen (secondary N) is 1. The third kappa shape index (κ3) is 5.25. The number of aliphatic carboxylic acids is 1. The van der Waals surface area contributed by atoms with Crippen LogP contribution in [0.4, 0.5) is 0 Å². The van der Waals surface area contributed by atoms with E-state index in [1.165, 1.54) is 6.42 Å². The van der Waals surface area contributed by atoms with Crippen molar-refractivity contribution in [3.05, 3.63) is 23.7 Å². The molecule has 1 aliphatic rings. The molecule has 2 rings (SSSR count). The molecular formula is C16H23NO4. The molecule has 0 aromatic carbocycles. The van der Waals surface area contributed by atoms with E-state index in [0.29, 0.717) is 38.1 Å². The molecule has 1 fully saturated rings. The largest absolute Gasteiger partial charge is 0.481 e. The van der Waals surface area contributed by atoms with Gasteiger partial charge in [-0.3, -0.25) is 9.59 Å². The molecule has 1 heterocycles. The van der Waals surface area contributed by atoms with Gasteiger partial charge < -0.3 is 14.8 Å². The average Bonchev–Trinajstić information content (AvgIpc) is 2.99. The smallest absolute Gasteiger partial charge is 0.303 e. The van der Waals surface area contributed by atoms with E-state index < -0.39 is 5.97 Å². The predicted octanol–water partition coefficient (Wildman–Crippen LogP) is 2.71. The molecule has 0 radical (unpaired) electrons. The number of hydrogen-bond acceptors (Lipinski definition) is 3. The van der Waals surface area contributed by atoms with Crippen molar-refractivity contribution in [2.45, 2.75) is 51.4 Å². The van der Waals surface area contributed by atoms with E-state index in [2.05, 4.69) is 12.2 Å². The zero-order chi connectivity index (χ0) is 15.2. The lowest BCUT2D eigenvalue weighted by Crippen LogP contribution is -2.24. The van der Waals surface area contributed by atoms with E-state index in [1.54, 1.807) is 0 Å². The molecule has 0 spiro atoms. The lowest BCUT2D eigenvalue weighted by molar-refractivity contribution is -0.137. The Hall–Kier alpha value is -1.78. The highest BCUT2D eigenvalue weighted by Crippen LogP contribution is 2.47. The van der Waals surface area contributed by atoms with E-state index in [0.717, 1.165) is 17.4 Å². The molecule has 1 aromatic rings. The monoisotopic (exact) mass is 293 g/mol. The quantitative estimate of drug-likeness (QED) is 0.686. The van der Waals surface area contributed by atoms with Crippen molar-refractivity contribution < 1.29 is 19.1 Å². The molecule has 5 heteroatoms. The summed E-state index contributed by atoms with van der Waals surface area (Å²) < 4.78 is 5.75. The van der Waals surface area contributed by atoms with Crippen molar-refractivity contribution in [1.29, 1.82) is 0 Å². The van der Waals surface area contributed by atoms with Gasteiger partial charge in [-0.2, -0.15) is 0 Å². The van der Waals surface area contributed by atoms with Crippen molar-refractivity contribution in [1.82, 2.24) is 5.32 Å². The second kappa shape index (κ2) is 7.29. The van der Waals surface area contributed by atoms with Gasteiger partial charge in [0.05, 0.1) is 0 Å². The SMILES string of the molecule is CC1CC1c1ccc(CCC(=O)NCCCCC(=O)O)o1. The van der Waals surface area contributed by atoms with Crippen LogP contribution in [0.15, 0.2) is 16.5 Å². The third-order valence-corrected chi connectivity index (χ3v) is 3.90. The molecule has 2 atom stereocenters. The summed E-state index contributed by atoms with van der Waals surface area (Å²) in [5.74, 6) is 2.40. The van der Waals surface area contributed by atoms with Crippen molar-refractivity contribution in [2.75, 3.05) is 6.54 Å². The maximum Gasteiger partial charge on any atom is 0.303 e. The summed E-state index contributed by atoms with van der Waals surface area (Å²) in [5.41, 5.74) is 0. The number of carboxylic acids is 1. The molecule has 21 heavy (non-hydrogen) atoms. The Morgan fingerprint density at radius 3 is 2.76 bits per heavy atom. The molecule has 0 saturated heterocycles. The number of furan rings is 1. The van der Waals surface area contributed by atoms with Gasteiger partial charge in [0.15, 0.2) is 0 Å². The van der Waals surface area contributed by atoms with Crippen molar-refractivity contribution in [3.8, 4) is 0 Å². The topological polar surface area (TPSA) is 79.5 Å². The van der Waals surface area contributed by atoms with E-state index >= 15 is 0 Å². The second-order valence-electron chi connectivity index (χ2n) is 5.82. The van der Waals surface area contributed by atoms with Gasteiger partial charge in [0, 0.05) is 31.7 Å². The Balaban J connectivity index is 1.58. The Bertz CT molecular complexity index is 494. The number of aryl methyl sites for hydroxylation is 1. The van der Waals surface area contributed by atoms with Crippen LogP contribution in [0.5, 0.6) is 0 Å². The zero-order valence-corrected chi connectivity index (χ0v) is 12.4. The molecule has 116 valence electrons. The van der Waals surface area contributed by atoms with Gasteiger partial charge >= 0.3 is 5.97 Å². The summed E-state index contributed by atoms with van der Waals surface area (Å²) in [6.07, 6.45) is 3.67. The van der Waals surface area contributed by atoms with Gasteiger partial charge in [-0.05, 0) is 37.3 Å². The van der Waals surface area contributed by atoms with E-state index in [4.69, 9.17) is 9.52 Å². The van der Waals surface area contributed by atoms with E-state index in [-0.39, 0.29) is 12.3 Å². The van der Waals surface area contributed by atoms with Crippen LogP contribution in [-0.4, -0.2) is 23.5 Å². The lowest BCUT2D eigenvalue weighted by atomic mass is 10.2. The van der Waals surface area contributed by atoms with Crippen LogP contribution in [0, 0.1) is 5.92 Å². The summed E-state index contributed by atoms with van der Waals surface area (Å²) >= 11 is 0. The number of rotatable bonds is 9. The number of carbonyl (C=O) groups excluding carboxylic acids is 1. The van der Waals surface area contributed by atoms with Gasteiger partial charge in [-0.25, -0.2) is 0 Å². The summed E-state index contributed by atoms with van der Waals surface area (Å²) in [7, 11) is 0. The maximum atomic E-state index is 11.6. The van der Waals surface area contributed by atoms with E-state index in [1.807, 2.05) is 12.1 Å². The summed E-state index contributed by atoms with van der Waals surface area (Å²) in [5, 5.41) is 11.3. The summed E-state index contributed by atoms with van der Waals surface area (Å²) in [6.45, 7) is 2.75. The molecule has 1 aromatic heterocycles. The number of carbonyl (C=O) groups is 2. The lowest BCUT2D eigenvalue weighted by Gasteiger charge is -2.03. The average molecular weight is 293 g/mol. The Kier molecular flexibility index (Phi) is 5.42. The van der Waals surface area contributed by atoms with Crippen LogP contribution >= 0.6 is 0 Å². The van der Waals surface area contributed by atoms with Crippen LogP contribution < -0.4 is 5.32 Å². The molecular weight excluding hydrogens is 270 g/mol. The van der Waals surface area contributed by atoms with Gasteiger partial charge in [0.25, 0.3) is 0 Å². The standard InChI is InChI=1S/C16H23NO4/c1-11-10-13(11)14-7-5-12(21-14)6-8-15(18)17-9-3-2-4-16(19)20/h5,7,11,13H,2-4,6,8-10H2,1H3,(H,17,18)(H,19,20). The van der Waals surface area contributed by atoms with Gasteiger partial charge in [0.2, 0.25) is 5.91 Å². The first-order chi connectivity index (χ1) is 10.1. The van der Waals surface area contributed by atoms with Crippen LogP contribution in [0.25, 0.3) is 0 Å². The summed E-state index contributed by atoms with van der Waals surface area (Å²) in [4.78, 5) is 22.0. The molecule has 1 amide bonds. The van der Waals surface area contributed by atoms with Crippen LogP contribution in [-0.2, 0) is 16.0 Å². The first-order valence-electron chi connectivity index (χ1n) is 7.63. The zero-order valence-electron chi connectivity index (χ0n) is 12.4. The van der Waals surface area contributed by atoms with Gasteiger partial charge in [0.1, 0.15) is 11.5 Å². The number of unbranched alkanes of at least 4 members (excludes halogenated alkanes) is 1. The highest BCUT2D eigenvalue weighted by Gasteiger charge is 2.36. The molecule has 5 nitrogen and oxygen atoms in total. The fourth-order valence-corrected chi connectivity index (χ4v) is 2.40. The van der Waals surface area contributed by atoms with Crippen molar-refractivity contribution in [3.63, 3.8) is 0 Å². The Morgan fingerprint density at radius 1 is 1.33 bits per heavy atom. The summed E-state index contributed by atoms with van der Waals surface area (Å²) in [6, 6.07) is 3.98. The van der Waals surface area contributed by atoms with Crippen molar-refractivity contribution in [2.24, 2.45) is 5.92 Å². The van der Waals surface area contributed by atoms with Crippen LogP contribution in [0.1, 0.15) is 56.5 Å². The normalized spacial score (nSPS) is 20.2.